The van der Waals surface area contributed by atoms with Gasteiger partial charge >= 0.3 is 5.97 Å². The molecule has 148 valence electrons. The number of benzene rings is 1. The third-order valence-corrected chi connectivity index (χ3v) is 6.87. The van der Waals surface area contributed by atoms with Crippen molar-refractivity contribution in [2.45, 2.75) is 45.3 Å². The molecule has 0 N–H and O–H groups in total. The van der Waals surface area contributed by atoms with E-state index < -0.39 is 11.5 Å². The van der Waals surface area contributed by atoms with Gasteiger partial charge in [0.05, 0.1) is 17.6 Å². The van der Waals surface area contributed by atoms with E-state index in [0.29, 0.717) is 39.3 Å². The van der Waals surface area contributed by atoms with Crippen molar-refractivity contribution < 1.29 is 19.1 Å². The Hall–Kier alpha value is -2.12. The number of rotatable bonds is 4. The molecule has 28 heavy (non-hydrogen) atoms. The van der Waals surface area contributed by atoms with E-state index in [2.05, 4.69) is 4.99 Å². The first-order valence-corrected chi connectivity index (χ1v) is 10.4. The van der Waals surface area contributed by atoms with Crippen LogP contribution >= 0.6 is 22.9 Å². The molecule has 0 bridgehead atoms. The second-order valence-corrected chi connectivity index (χ2v) is 9.05. The molecule has 1 saturated carbocycles. The lowest BCUT2D eigenvalue weighted by atomic mass is 9.85. The minimum Gasteiger partial charge on any atom is -0.496 e. The highest BCUT2D eigenvalue weighted by atomic mass is 35.5. The Labute approximate surface area is 171 Å². The fraction of sp³-hybridized carbons (Fsp3) is 0.450. The normalized spacial score (nSPS) is 18.6. The number of carbonyl (C=O) groups excluding carboxylic acids is 2. The fourth-order valence-corrected chi connectivity index (χ4v) is 4.87. The zero-order valence-corrected chi connectivity index (χ0v) is 17.5. The van der Waals surface area contributed by atoms with Crippen LogP contribution in [-0.2, 0) is 16.9 Å². The molecule has 1 aliphatic heterocycles. The van der Waals surface area contributed by atoms with Crippen molar-refractivity contribution in [1.29, 1.82) is 0 Å². The third-order valence-electron chi connectivity index (χ3n) is 5.25. The molecular formula is C20H21ClN2O4S. The number of thiazole rings is 1. The number of amides is 1. The molecule has 8 heteroatoms. The number of hydrogen-bond acceptors (Lipinski definition) is 5. The molecular weight excluding hydrogens is 400 g/mol. The number of carbonyl (C=O) groups is 2. The average molecular weight is 421 g/mol. The molecule has 4 rings (SSSR count). The highest BCUT2D eigenvalue weighted by Gasteiger charge is 2.43. The number of methoxy groups -OCH3 is 1. The van der Waals surface area contributed by atoms with Crippen LogP contribution in [0.5, 0.6) is 5.75 Å². The number of nitrogens with zero attached hydrogens (tertiary/aromatic N) is 2. The summed E-state index contributed by atoms with van der Waals surface area (Å²) in [6, 6.07) is 4.84. The molecule has 0 atom stereocenters. The van der Waals surface area contributed by atoms with Crippen LogP contribution in [0, 0.1) is 5.92 Å². The van der Waals surface area contributed by atoms with Gasteiger partial charge < -0.3 is 14.0 Å². The van der Waals surface area contributed by atoms with E-state index in [0.717, 1.165) is 17.7 Å². The molecule has 1 aliphatic carbocycles. The highest BCUT2D eigenvalue weighted by Crippen LogP contribution is 2.39. The number of halogens is 1. The summed E-state index contributed by atoms with van der Waals surface area (Å²) in [7, 11) is 1.50. The Morgan fingerprint density at radius 3 is 2.82 bits per heavy atom. The van der Waals surface area contributed by atoms with Gasteiger partial charge in [-0.3, -0.25) is 4.79 Å². The van der Waals surface area contributed by atoms with Crippen LogP contribution in [0.25, 0.3) is 0 Å². The summed E-state index contributed by atoms with van der Waals surface area (Å²) in [5.74, 6) is 0.0927. The van der Waals surface area contributed by atoms with E-state index in [1.165, 1.54) is 24.9 Å². The molecule has 1 aromatic heterocycles. The maximum absolute atomic E-state index is 12.9. The third kappa shape index (κ3) is 3.26. The number of cyclic esters (lactones) is 1. The first-order chi connectivity index (χ1) is 13.3. The summed E-state index contributed by atoms with van der Waals surface area (Å²) >= 11 is 7.38. The molecule has 1 fully saturated rings. The summed E-state index contributed by atoms with van der Waals surface area (Å²) in [5, 5.41) is 0.431. The van der Waals surface area contributed by atoms with Crippen molar-refractivity contribution >= 4 is 34.8 Å². The van der Waals surface area contributed by atoms with Gasteiger partial charge in [0, 0.05) is 11.6 Å². The zero-order valence-electron chi connectivity index (χ0n) is 16.0. The van der Waals surface area contributed by atoms with Gasteiger partial charge in [0.25, 0.3) is 5.91 Å². The van der Waals surface area contributed by atoms with Crippen molar-refractivity contribution in [2.75, 3.05) is 7.11 Å². The highest BCUT2D eigenvalue weighted by molar-refractivity contribution is 7.09. The standard InChI is InChI=1S/C20H21ClN2O4S/c1-20(2)16-15(18(25)27-20)23(10-11-5-4-6-11)19(28-16)22-17(24)13-9-12(21)7-8-14(13)26-3/h7-9,11H,4-6,10H2,1-3H3/b22-19-. The van der Waals surface area contributed by atoms with Gasteiger partial charge in [0.2, 0.25) is 0 Å². The Morgan fingerprint density at radius 1 is 1.43 bits per heavy atom. The summed E-state index contributed by atoms with van der Waals surface area (Å²) in [4.78, 5) is 31.1. The predicted octanol–water partition coefficient (Wildman–Crippen LogP) is 4.16. The first-order valence-electron chi connectivity index (χ1n) is 9.20. The van der Waals surface area contributed by atoms with Crippen LogP contribution < -0.4 is 9.54 Å². The topological polar surface area (TPSA) is 69.9 Å². The van der Waals surface area contributed by atoms with Gasteiger partial charge in [0.15, 0.2) is 4.80 Å². The lowest BCUT2D eigenvalue weighted by Gasteiger charge is -2.26. The summed E-state index contributed by atoms with van der Waals surface area (Å²) in [6.45, 7) is 4.37. The van der Waals surface area contributed by atoms with Crippen LogP contribution in [-0.4, -0.2) is 23.6 Å². The second-order valence-electron chi connectivity index (χ2n) is 7.63. The van der Waals surface area contributed by atoms with Gasteiger partial charge in [-0.25, -0.2) is 4.79 Å². The number of fused-ring (bicyclic) bond motifs is 1. The lowest BCUT2D eigenvalue weighted by Crippen LogP contribution is -2.28. The van der Waals surface area contributed by atoms with E-state index in [-0.39, 0.29) is 5.97 Å². The molecule has 0 radical (unpaired) electrons. The van der Waals surface area contributed by atoms with Crippen LogP contribution in [0.15, 0.2) is 23.2 Å². The molecule has 6 nitrogen and oxygen atoms in total. The number of ether oxygens (including phenoxy) is 2. The number of aromatic nitrogens is 1. The number of hydrogen-bond donors (Lipinski definition) is 0. The predicted molar refractivity (Wildman–Crippen MR) is 106 cm³/mol. The van der Waals surface area contributed by atoms with Gasteiger partial charge in [-0.15, -0.1) is 0 Å². The summed E-state index contributed by atoms with van der Waals surface area (Å²) in [6.07, 6.45) is 3.43. The van der Waals surface area contributed by atoms with Crippen LogP contribution in [0.4, 0.5) is 0 Å². The molecule has 0 spiro atoms. The first kappa shape index (κ1) is 19.2. The summed E-state index contributed by atoms with van der Waals surface area (Å²) < 4.78 is 12.6. The van der Waals surface area contributed by atoms with E-state index in [4.69, 9.17) is 21.1 Å². The van der Waals surface area contributed by atoms with E-state index in [9.17, 15) is 9.59 Å². The fourth-order valence-electron chi connectivity index (χ4n) is 3.53. The molecule has 0 saturated heterocycles. The van der Waals surface area contributed by atoms with Crippen molar-refractivity contribution in [3.05, 3.63) is 44.2 Å². The van der Waals surface area contributed by atoms with E-state index in [1.54, 1.807) is 18.2 Å². The second kappa shape index (κ2) is 7.04. The van der Waals surface area contributed by atoms with E-state index in [1.807, 2.05) is 18.4 Å². The molecule has 1 amide bonds. The van der Waals surface area contributed by atoms with Gasteiger partial charge in [0.1, 0.15) is 17.0 Å². The Kier molecular flexibility index (Phi) is 4.83. The van der Waals surface area contributed by atoms with Gasteiger partial charge in [-0.2, -0.15) is 4.99 Å². The molecule has 0 unspecified atom stereocenters. The van der Waals surface area contributed by atoms with Crippen molar-refractivity contribution in [1.82, 2.24) is 4.57 Å². The maximum atomic E-state index is 12.9. The molecule has 2 heterocycles. The van der Waals surface area contributed by atoms with Gasteiger partial charge in [-0.1, -0.05) is 29.4 Å². The van der Waals surface area contributed by atoms with Crippen molar-refractivity contribution in [3.8, 4) is 5.75 Å². The number of esters is 1. The van der Waals surface area contributed by atoms with Crippen molar-refractivity contribution in [2.24, 2.45) is 10.9 Å². The Balaban J connectivity index is 1.83. The minimum absolute atomic E-state index is 0.292. The quantitative estimate of drug-likeness (QED) is 0.696. The SMILES string of the molecule is COc1ccc(Cl)cc1C(=O)/N=c1\sc2c(n1CC1CCC1)C(=O)OC2(C)C. The monoisotopic (exact) mass is 420 g/mol. The van der Waals surface area contributed by atoms with Crippen LogP contribution in [0.3, 0.4) is 0 Å². The molecule has 2 aliphatic rings. The van der Waals surface area contributed by atoms with Gasteiger partial charge in [-0.05, 0) is 50.8 Å². The van der Waals surface area contributed by atoms with Crippen LogP contribution in [0.1, 0.15) is 58.8 Å². The van der Waals surface area contributed by atoms with E-state index >= 15 is 0 Å². The molecule has 2 aromatic rings. The summed E-state index contributed by atoms with van der Waals surface area (Å²) in [5.41, 5.74) is 0.0929. The Morgan fingerprint density at radius 2 is 2.18 bits per heavy atom. The zero-order chi connectivity index (χ0) is 20.1. The lowest BCUT2D eigenvalue weighted by molar-refractivity contribution is 0.00979. The largest absolute Gasteiger partial charge is 0.496 e. The van der Waals surface area contributed by atoms with Crippen molar-refractivity contribution in [3.63, 3.8) is 0 Å². The maximum Gasteiger partial charge on any atom is 0.357 e. The smallest absolute Gasteiger partial charge is 0.357 e. The van der Waals surface area contributed by atoms with Crippen LogP contribution in [0.2, 0.25) is 5.02 Å². The minimum atomic E-state index is -0.719. The Bertz CT molecular complexity index is 1030. The average Bonchev–Trinajstić information content (AvgIpc) is 3.06. The molecule has 1 aromatic carbocycles.